The molecule has 0 atom stereocenters. The van der Waals surface area contributed by atoms with E-state index in [2.05, 4.69) is 5.32 Å². The maximum absolute atomic E-state index is 11.0. The molecule has 1 aromatic rings. The van der Waals surface area contributed by atoms with E-state index < -0.39 is 10.0 Å². The van der Waals surface area contributed by atoms with E-state index in [-0.39, 0.29) is 10.4 Å². The number of rotatable bonds is 4. The topological polar surface area (TPSA) is 98.2 Å². The van der Waals surface area contributed by atoms with Gasteiger partial charge in [0.25, 0.3) is 0 Å². The van der Waals surface area contributed by atoms with Gasteiger partial charge in [-0.05, 0) is 37.1 Å². The van der Waals surface area contributed by atoms with Gasteiger partial charge in [-0.2, -0.15) is 0 Å². The average molecular weight is 241 g/mol. The fourth-order valence-electron chi connectivity index (χ4n) is 1.57. The minimum atomic E-state index is -3.61. The summed E-state index contributed by atoms with van der Waals surface area (Å²) in [5, 5.41) is 8.30. The van der Waals surface area contributed by atoms with Crippen LogP contribution in [-0.2, 0) is 10.0 Å². The quantitative estimate of drug-likeness (QED) is 0.703. The third-order valence-electron chi connectivity index (χ3n) is 2.84. The van der Waals surface area contributed by atoms with Crippen LogP contribution in [0.15, 0.2) is 29.2 Å². The Labute approximate surface area is 94.9 Å². The number of primary sulfonamides is 1. The molecule has 88 valence electrons. The molecule has 0 amide bonds. The summed E-state index contributed by atoms with van der Waals surface area (Å²) in [6.07, 6.45) is 2.11. The number of nitrogens with two attached hydrogens (primary N) is 2. The summed E-state index contributed by atoms with van der Waals surface area (Å²) in [4.78, 5) is 0.121. The van der Waals surface area contributed by atoms with Crippen molar-refractivity contribution >= 4 is 15.7 Å². The lowest BCUT2D eigenvalue weighted by atomic mass is 10.2. The molecule has 5 N–H and O–H groups in total. The normalized spacial score (nSPS) is 18.1. The molecule has 0 aromatic heterocycles. The van der Waals surface area contributed by atoms with E-state index in [0.717, 1.165) is 18.5 Å². The van der Waals surface area contributed by atoms with Gasteiger partial charge in [0.2, 0.25) is 10.0 Å². The first-order valence-corrected chi connectivity index (χ1v) is 6.61. The zero-order valence-corrected chi connectivity index (χ0v) is 9.63. The van der Waals surface area contributed by atoms with Crippen LogP contribution in [0.2, 0.25) is 0 Å². The third kappa shape index (κ3) is 2.34. The van der Waals surface area contributed by atoms with Crippen LogP contribution in [0.4, 0.5) is 5.69 Å². The van der Waals surface area contributed by atoms with Crippen molar-refractivity contribution in [1.29, 1.82) is 0 Å². The lowest BCUT2D eigenvalue weighted by molar-refractivity contribution is 0.598. The molecule has 0 saturated heterocycles. The molecular formula is C10H15N3O2S. The zero-order chi connectivity index (χ0) is 11.8. The molecule has 0 heterocycles. The molecule has 1 aliphatic carbocycles. The van der Waals surface area contributed by atoms with Gasteiger partial charge in [-0.25, -0.2) is 13.6 Å². The van der Waals surface area contributed by atoms with Crippen LogP contribution in [0, 0.1) is 0 Å². The van der Waals surface area contributed by atoms with Gasteiger partial charge in [0.15, 0.2) is 0 Å². The smallest absolute Gasteiger partial charge is 0.238 e. The SMILES string of the molecule is NCC1(Nc2ccc(S(N)(=O)=O)cc2)CC1. The molecule has 1 aliphatic rings. The molecule has 0 unspecified atom stereocenters. The van der Waals surface area contributed by atoms with Crippen molar-refractivity contribution in [3.63, 3.8) is 0 Å². The number of nitrogens with one attached hydrogen (secondary N) is 1. The number of hydrogen-bond acceptors (Lipinski definition) is 4. The van der Waals surface area contributed by atoms with Gasteiger partial charge in [0.1, 0.15) is 0 Å². The molecule has 0 radical (unpaired) electrons. The van der Waals surface area contributed by atoms with Crippen molar-refractivity contribution in [3.05, 3.63) is 24.3 Å². The fourth-order valence-corrected chi connectivity index (χ4v) is 2.08. The average Bonchev–Trinajstić information content (AvgIpc) is 2.98. The molecule has 0 bridgehead atoms. The van der Waals surface area contributed by atoms with Gasteiger partial charge in [-0.3, -0.25) is 0 Å². The molecular weight excluding hydrogens is 226 g/mol. The Hall–Kier alpha value is -1.11. The molecule has 16 heavy (non-hydrogen) atoms. The van der Waals surface area contributed by atoms with E-state index in [4.69, 9.17) is 10.9 Å². The van der Waals surface area contributed by atoms with Crippen molar-refractivity contribution in [2.45, 2.75) is 23.3 Å². The van der Waals surface area contributed by atoms with Crippen LogP contribution in [0.3, 0.4) is 0 Å². The van der Waals surface area contributed by atoms with Gasteiger partial charge in [-0.1, -0.05) is 0 Å². The summed E-state index contributed by atoms with van der Waals surface area (Å²) in [7, 11) is -3.61. The maximum atomic E-state index is 11.0. The van der Waals surface area contributed by atoms with Crippen molar-refractivity contribution in [2.24, 2.45) is 10.9 Å². The van der Waals surface area contributed by atoms with Crippen LogP contribution in [0.1, 0.15) is 12.8 Å². The number of benzene rings is 1. The Morgan fingerprint density at radius 3 is 2.19 bits per heavy atom. The van der Waals surface area contributed by atoms with Crippen LogP contribution in [-0.4, -0.2) is 20.5 Å². The van der Waals surface area contributed by atoms with Gasteiger partial charge >= 0.3 is 0 Å². The largest absolute Gasteiger partial charge is 0.378 e. The van der Waals surface area contributed by atoms with Gasteiger partial charge in [0.05, 0.1) is 4.90 Å². The summed E-state index contributed by atoms with van der Waals surface area (Å²) < 4.78 is 22.1. The fraction of sp³-hybridized carbons (Fsp3) is 0.400. The molecule has 6 heteroatoms. The van der Waals surface area contributed by atoms with Crippen molar-refractivity contribution in [3.8, 4) is 0 Å². The minimum absolute atomic E-state index is 0.0170. The summed E-state index contributed by atoms with van der Waals surface area (Å²) in [5.74, 6) is 0. The predicted octanol–water partition coefficient (Wildman–Crippen LogP) is 0.237. The summed E-state index contributed by atoms with van der Waals surface area (Å²) >= 11 is 0. The predicted molar refractivity (Wildman–Crippen MR) is 62.5 cm³/mol. The highest BCUT2D eigenvalue weighted by Gasteiger charge is 2.41. The van der Waals surface area contributed by atoms with Crippen molar-refractivity contribution in [2.75, 3.05) is 11.9 Å². The molecule has 0 spiro atoms. The maximum Gasteiger partial charge on any atom is 0.238 e. The first-order chi connectivity index (χ1) is 7.45. The third-order valence-corrected chi connectivity index (χ3v) is 3.77. The van der Waals surface area contributed by atoms with E-state index in [0.29, 0.717) is 6.54 Å². The number of hydrogen-bond donors (Lipinski definition) is 3. The Balaban J connectivity index is 2.14. The van der Waals surface area contributed by atoms with E-state index in [9.17, 15) is 8.42 Å². The molecule has 1 fully saturated rings. The van der Waals surface area contributed by atoms with E-state index >= 15 is 0 Å². The first kappa shape index (κ1) is 11.4. The highest BCUT2D eigenvalue weighted by molar-refractivity contribution is 7.89. The molecule has 0 aliphatic heterocycles. The van der Waals surface area contributed by atoms with Crippen molar-refractivity contribution < 1.29 is 8.42 Å². The van der Waals surface area contributed by atoms with Crippen LogP contribution < -0.4 is 16.2 Å². The van der Waals surface area contributed by atoms with Crippen molar-refractivity contribution in [1.82, 2.24) is 0 Å². The van der Waals surface area contributed by atoms with Crippen LogP contribution >= 0.6 is 0 Å². The molecule has 1 aromatic carbocycles. The Morgan fingerprint density at radius 1 is 1.25 bits per heavy atom. The van der Waals surface area contributed by atoms with Crippen LogP contribution in [0.25, 0.3) is 0 Å². The number of sulfonamides is 1. The van der Waals surface area contributed by atoms with Crippen LogP contribution in [0.5, 0.6) is 0 Å². The second kappa shape index (κ2) is 3.73. The second-order valence-electron chi connectivity index (χ2n) is 4.18. The summed E-state index contributed by atoms with van der Waals surface area (Å²) in [6, 6.07) is 6.39. The highest BCUT2D eigenvalue weighted by Crippen LogP contribution is 2.37. The Kier molecular flexibility index (Phi) is 2.65. The molecule has 1 saturated carbocycles. The highest BCUT2D eigenvalue weighted by atomic mass is 32.2. The van der Waals surface area contributed by atoms with Gasteiger partial charge < -0.3 is 11.1 Å². The first-order valence-electron chi connectivity index (χ1n) is 5.06. The lowest BCUT2D eigenvalue weighted by Gasteiger charge is -2.16. The minimum Gasteiger partial charge on any atom is -0.378 e. The second-order valence-corrected chi connectivity index (χ2v) is 5.74. The molecule has 2 rings (SSSR count). The Bertz CT molecular complexity index is 477. The monoisotopic (exact) mass is 241 g/mol. The number of anilines is 1. The summed E-state index contributed by atoms with van der Waals surface area (Å²) in [5.41, 5.74) is 6.53. The van der Waals surface area contributed by atoms with Gasteiger partial charge in [-0.15, -0.1) is 0 Å². The standard InChI is InChI=1S/C10H15N3O2S/c11-7-10(5-6-10)13-8-1-3-9(4-2-8)16(12,14)15/h1-4,13H,5-7,11H2,(H2,12,14,15). The van der Waals surface area contributed by atoms with E-state index in [1.807, 2.05) is 0 Å². The zero-order valence-electron chi connectivity index (χ0n) is 8.81. The lowest BCUT2D eigenvalue weighted by Crippen LogP contribution is -2.30. The summed E-state index contributed by atoms with van der Waals surface area (Å²) in [6.45, 7) is 0.587. The van der Waals surface area contributed by atoms with E-state index in [1.165, 1.54) is 12.1 Å². The van der Waals surface area contributed by atoms with Gasteiger partial charge in [0, 0.05) is 17.8 Å². The Morgan fingerprint density at radius 2 is 1.81 bits per heavy atom. The van der Waals surface area contributed by atoms with E-state index in [1.54, 1.807) is 12.1 Å². The molecule has 5 nitrogen and oxygen atoms in total.